The van der Waals surface area contributed by atoms with Gasteiger partial charge in [0.1, 0.15) is 5.82 Å². The van der Waals surface area contributed by atoms with Crippen LogP contribution in [-0.2, 0) is 5.41 Å². The van der Waals surface area contributed by atoms with Gasteiger partial charge in [0.05, 0.1) is 0 Å². The minimum Gasteiger partial charge on any atom is -0.373 e. The van der Waals surface area contributed by atoms with E-state index in [9.17, 15) is 4.79 Å². The van der Waals surface area contributed by atoms with Gasteiger partial charge in [-0.2, -0.15) is 0 Å². The summed E-state index contributed by atoms with van der Waals surface area (Å²) in [5, 5.41) is 5.99. The van der Waals surface area contributed by atoms with Crippen molar-refractivity contribution in [1.29, 1.82) is 0 Å². The van der Waals surface area contributed by atoms with Crippen LogP contribution in [0.5, 0.6) is 0 Å². The fourth-order valence-electron chi connectivity index (χ4n) is 1.70. The van der Waals surface area contributed by atoms with E-state index in [0.29, 0.717) is 24.0 Å². The number of nitrogens with zero attached hydrogens (tertiary/aromatic N) is 2. The highest BCUT2D eigenvalue weighted by Crippen LogP contribution is 2.23. The zero-order valence-corrected chi connectivity index (χ0v) is 14.2. The van der Waals surface area contributed by atoms with Crippen molar-refractivity contribution >= 4 is 11.7 Å². The van der Waals surface area contributed by atoms with Gasteiger partial charge in [0.2, 0.25) is 0 Å². The number of nitrogens with one attached hydrogen (secondary N) is 2. The summed E-state index contributed by atoms with van der Waals surface area (Å²) >= 11 is 0. The van der Waals surface area contributed by atoms with Crippen LogP contribution >= 0.6 is 0 Å². The lowest BCUT2D eigenvalue weighted by molar-refractivity contribution is 0.0943. The third kappa shape index (κ3) is 5.01. The molecule has 0 aromatic carbocycles. The summed E-state index contributed by atoms with van der Waals surface area (Å²) in [6.07, 6.45) is 0. The van der Waals surface area contributed by atoms with E-state index in [-0.39, 0.29) is 11.3 Å². The van der Waals surface area contributed by atoms with Crippen molar-refractivity contribution in [2.24, 2.45) is 0 Å². The summed E-state index contributed by atoms with van der Waals surface area (Å²) in [5.74, 6) is 0.654. The average Bonchev–Trinajstić information content (AvgIpc) is 2.42. The van der Waals surface area contributed by atoms with E-state index in [2.05, 4.69) is 48.2 Å². The predicted molar refractivity (Wildman–Crippen MR) is 88.0 cm³/mol. The molecule has 21 heavy (non-hydrogen) atoms. The summed E-state index contributed by atoms with van der Waals surface area (Å²) in [6.45, 7) is 8.96. The number of likely N-dealkylation sites (N-methyl/N-ethyl adjacent to an activating group) is 1. The van der Waals surface area contributed by atoms with Gasteiger partial charge in [-0.1, -0.05) is 20.8 Å². The number of hydrogen-bond acceptors (Lipinski definition) is 4. The number of anilines is 1. The topological polar surface area (TPSA) is 57.3 Å². The smallest absolute Gasteiger partial charge is 0.251 e. The highest BCUT2D eigenvalue weighted by molar-refractivity contribution is 5.95. The SMILES string of the molecule is CNc1cc(C(=O)NCC(C)N(C)C)cc(C(C)(C)C)n1. The van der Waals surface area contributed by atoms with E-state index in [0.717, 1.165) is 5.69 Å². The predicted octanol–water partition coefficient (Wildman–Crippen LogP) is 2.10. The van der Waals surface area contributed by atoms with Crippen LogP contribution in [0.1, 0.15) is 43.7 Å². The van der Waals surface area contributed by atoms with Crippen LogP contribution < -0.4 is 10.6 Å². The quantitative estimate of drug-likeness (QED) is 0.872. The summed E-state index contributed by atoms with van der Waals surface area (Å²) < 4.78 is 0. The maximum atomic E-state index is 12.3. The van der Waals surface area contributed by atoms with Gasteiger partial charge < -0.3 is 15.5 Å². The fourth-order valence-corrected chi connectivity index (χ4v) is 1.70. The molecule has 1 rings (SSSR count). The molecule has 2 N–H and O–H groups in total. The zero-order chi connectivity index (χ0) is 16.2. The largest absolute Gasteiger partial charge is 0.373 e. The number of rotatable bonds is 5. The van der Waals surface area contributed by atoms with Gasteiger partial charge in [0, 0.05) is 36.3 Å². The van der Waals surface area contributed by atoms with Gasteiger partial charge in [-0.3, -0.25) is 4.79 Å². The lowest BCUT2D eigenvalue weighted by atomic mass is 9.90. The Hall–Kier alpha value is -1.62. The maximum absolute atomic E-state index is 12.3. The molecule has 1 unspecified atom stereocenters. The molecule has 0 aliphatic heterocycles. The van der Waals surface area contributed by atoms with Crippen LogP contribution in [0.15, 0.2) is 12.1 Å². The molecule has 1 aromatic heterocycles. The Morgan fingerprint density at radius 3 is 2.43 bits per heavy atom. The van der Waals surface area contributed by atoms with E-state index < -0.39 is 0 Å². The normalized spacial score (nSPS) is 13.1. The molecule has 0 spiro atoms. The molecule has 1 atom stereocenters. The Morgan fingerprint density at radius 2 is 1.95 bits per heavy atom. The first-order valence-electron chi connectivity index (χ1n) is 7.30. The minimum absolute atomic E-state index is 0.0619. The Kier molecular flexibility index (Phi) is 5.72. The Morgan fingerprint density at radius 1 is 1.33 bits per heavy atom. The molecule has 5 nitrogen and oxygen atoms in total. The Bertz CT molecular complexity index is 492. The van der Waals surface area contributed by atoms with E-state index in [4.69, 9.17) is 0 Å². The summed E-state index contributed by atoms with van der Waals surface area (Å²) in [7, 11) is 5.81. The van der Waals surface area contributed by atoms with Crippen LogP contribution in [0.25, 0.3) is 0 Å². The van der Waals surface area contributed by atoms with Gasteiger partial charge in [-0.05, 0) is 33.2 Å². The van der Waals surface area contributed by atoms with E-state index in [1.54, 1.807) is 6.07 Å². The molecule has 5 heteroatoms. The molecule has 0 radical (unpaired) electrons. The van der Waals surface area contributed by atoms with Crippen LogP contribution in [0, 0.1) is 0 Å². The number of carbonyl (C=O) groups excluding carboxylic acids is 1. The summed E-state index contributed by atoms with van der Waals surface area (Å²) in [4.78, 5) is 18.9. The first-order chi connectivity index (χ1) is 9.65. The standard InChI is InChI=1S/C16H28N4O/c1-11(20(6)7)10-18-15(21)12-8-13(16(2,3)4)19-14(9-12)17-5/h8-9,11H,10H2,1-7H3,(H,17,19)(H,18,21). The third-order valence-corrected chi connectivity index (χ3v) is 3.55. The number of amides is 1. The molecule has 1 amide bonds. The zero-order valence-electron chi connectivity index (χ0n) is 14.2. The van der Waals surface area contributed by atoms with E-state index >= 15 is 0 Å². The number of pyridine rings is 1. The lowest BCUT2D eigenvalue weighted by Gasteiger charge is -2.21. The second-order valence-corrected chi connectivity index (χ2v) is 6.65. The lowest BCUT2D eigenvalue weighted by Crippen LogP contribution is -2.38. The van der Waals surface area contributed by atoms with Crippen LogP contribution in [0.3, 0.4) is 0 Å². The first-order valence-corrected chi connectivity index (χ1v) is 7.30. The Labute approximate surface area is 128 Å². The molecule has 0 fully saturated rings. The van der Waals surface area contributed by atoms with E-state index in [1.807, 2.05) is 27.2 Å². The van der Waals surface area contributed by atoms with Crippen molar-refractivity contribution < 1.29 is 4.79 Å². The Balaban J connectivity index is 2.93. The van der Waals surface area contributed by atoms with Crippen molar-refractivity contribution in [3.05, 3.63) is 23.4 Å². The molecular formula is C16H28N4O. The first kappa shape index (κ1) is 17.4. The van der Waals surface area contributed by atoms with Gasteiger partial charge in [-0.15, -0.1) is 0 Å². The van der Waals surface area contributed by atoms with Crippen molar-refractivity contribution in [2.75, 3.05) is 33.0 Å². The molecule has 118 valence electrons. The molecule has 1 aromatic rings. The van der Waals surface area contributed by atoms with Crippen molar-refractivity contribution in [2.45, 2.75) is 39.2 Å². The van der Waals surface area contributed by atoms with Crippen LogP contribution in [0.2, 0.25) is 0 Å². The second-order valence-electron chi connectivity index (χ2n) is 6.65. The van der Waals surface area contributed by atoms with Gasteiger partial charge in [0.25, 0.3) is 5.91 Å². The van der Waals surface area contributed by atoms with Gasteiger partial charge in [0.15, 0.2) is 0 Å². The monoisotopic (exact) mass is 292 g/mol. The molecule has 1 heterocycles. The van der Waals surface area contributed by atoms with Crippen molar-refractivity contribution in [3.63, 3.8) is 0 Å². The van der Waals surface area contributed by atoms with Gasteiger partial charge in [-0.25, -0.2) is 4.98 Å². The van der Waals surface area contributed by atoms with Crippen LogP contribution in [0.4, 0.5) is 5.82 Å². The number of aromatic nitrogens is 1. The second kappa shape index (κ2) is 6.89. The average molecular weight is 292 g/mol. The van der Waals surface area contributed by atoms with Crippen molar-refractivity contribution in [1.82, 2.24) is 15.2 Å². The number of carbonyl (C=O) groups is 1. The molecule has 0 aliphatic carbocycles. The maximum Gasteiger partial charge on any atom is 0.251 e. The summed E-state index contributed by atoms with van der Waals surface area (Å²) in [6, 6.07) is 3.95. The fraction of sp³-hybridized carbons (Fsp3) is 0.625. The van der Waals surface area contributed by atoms with E-state index in [1.165, 1.54) is 0 Å². The molecular weight excluding hydrogens is 264 g/mol. The number of hydrogen-bond donors (Lipinski definition) is 2. The molecule has 0 saturated carbocycles. The third-order valence-electron chi connectivity index (χ3n) is 3.55. The minimum atomic E-state index is -0.0984. The van der Waals surface area contributed by atoms with Gasteiger partial charge >= 0.3 is 0 Å². The molecule has 0 aliphatic rings. The van der Waals surface area contributed by atoms with Crippen LogP contribution in [-0.4, -0.2) is 49.5 Å². The van der Waals surface area contributed by atoms with Crippen molar-refractivity contribution in [3.8, 4) is 0 Å². The summed E-state index contributed by atoms with van der Waals surface area (Å²) in [5.41, 5.74) is 1.45. The molecule has 0 bridgehead atoms. The highest BCUT2D eigenvalue weighted by Gasteiger charge is 2.19. The highest BCUT2D eigenvalue weighted by atomic mass is 16.1. The molecule has 0 saturated heterocycles.